The molecule has 3 aromatic heterocycles. The number of anilines is 2. The third-order valence-electron chi connectivity index (χ3n) is 4.50. The van der Waals surface area contributed by atoms with Crippen LogP contribution >= 0.6 is 0 Å². The minimum atomic E-state index is 0.293. The van der Waals surface area contributed by atoms with Gasteiger partial charge in [0, 0.05) is 35.1 Å². The minimum absolute atomic E-state index is 0.293. The van der Waals surface area contributed by atoms with E-state index < -0.39 is 0 Å². The number of fused-ring (bicyclic) bond motifs is 1. The van der Waals surface area contributed by atoms with E-state index in [0.717, 1.165) is 39.4 Å². The average Bonchev–Trinajstić information content (AvgIpc) is 3.18. The lowest BCUT2D eigenvalue weighted by Gasteiger charge is -2.15. The normalized spacial score (nSPS) is 11.1. The summed E-state index contributed by atoms with van der Waals surface area (Å²) in [5.74, 6) is 2.58. The Kier molecular flexibility index (Phi) is 4.46. The zero-order chi connectivity index (χ0) is 18.8. The second-order valence-electron chi connectivity index (χ2n) is 6.60. The number of benzene rings is 1. The van der Waals surface area contributed by atoms with Gasteiger partial charge in [-0.2, -0.15) is 0 Å². The van der Waals surface area contributed by atoms with Gasteiger partial charge in [-0.15, -0.1) is 0 Å². The number of methoxy groups -OCH3 is 1. The number of hydrogen-bond donors (Lipinski definition) is 2. The molecule has 27 heavy (non-hydrogen) atoms. The van der Waals surface area contributed by atoms with Crippen molar-refractivity contribution in [3.05, 3.63) is 60.6 Å². The van der Waals surface area contributed by atoms with Gasteiger partial charge in [-0.25, -0.2) is 15.0 Å². The molecule has 6 heteroatoms. The van der Waals surface area contributed by atoms with Crippen LogP contribution < -0.4 is 10.1 Å². The standard InChI is InChI=1S/C21H21N5O/c1-13(2)17-12-24-19(14-4-6-15(27-3)7-5-14)26-21(17)25-18-9-11-23-20-16(18)8-10-22-20/h4-13H,1-3H3,(H2,22,23,24,25,26). The first-order valence-corrected chi connectivity index (χ1v) is 8.86. The monoisotopic (exact) mass is 359 g/mol. The predicted molar refractivity (Wildman–Crippen MR) is 107 cm³/mol. The molecular weight excluding hydrogens is 338 g/mol. The van der Waals surface area contributed by atoms with Crippen molar-refractivity contribution in [3.8, 4) is 17.1 Å². The molecular formula is C21H21N5O. The van der Waals surface area contributed by atoms with Crippen molar-refractivity contribution in [1.82, 2.24) is 19.9 Å². The lowest BCUT2D eigenvalue weighted by atomic mass is 10.1. The van der Waals surface area contributed by atoms with Crippen molar-refractivity contribution in [1.29, 1.82) is 0 Å². The molecule has 0 radical (unpaired) electrons. The van der Waals surface area contributed by atoms with Gasteiger partial charge < -0.3 is 15.0 Å². The highest BCUT2D eigenvalue weighted by Gasteiger charge is 2.13. The van der Waals surface area contributed by atoms with Gasteiger partial charge in [0.25, 0.3) is 0 Å². The average molecular weight is 359 g/mol. The number of nitrogens with one attached hydrogen (secondary N) is 2. The predicted octanol–water partition coefficient (Wildman–Crippen LogP) is 4.90. The zero-order valence-electron chi connectivity index (χ0n) is 15.5. The van der Waals surface area contributed by atoms with Gasteiger partial charge >= 0.3 is 0 Å². The van der Waals surface area contributed by atoms with Gasteiger partial charge in [-0.3, -0.25) is 0 Å². The summed E-state index contributed by atoms with van der Waals surface area (Å²) in [6.45, 7) is 4.27. The first-order chi connectivity index (χ1) is 13.2. The van der Waals surface area contributed by atoms with Crippen molar-refractivity contribution >= 4 is 22.5 Å². The fourth-order valence-electron chi connectivity index (χ4n) is 2.99. The van der Waals surface area contributed by atoms with E-state index in [1.165, 1.54) is 0 Å². The lowest BCUT2D eigenvalue weighted by molar-refractivity contribution is 0.415. The van der Waals surface area contributed by atoms with Crippen molar-refractivity contribution in [2.24, 2.45) is 0 Å². The van der Waals surface area contributed by atoms with Gasteiger partial charge in [0.05, 0.1) is 12.8 Å². The Morgan fingerprint density at radius 3 is 2.59 bits per heavy atom. The number of ether oxygens (including phenoxy) is 1. The fraction of sp³-hybridized carbons (Fsp3) is 0.190. The van der Waals surface area contributed by atoms with Gasteiger partial charge in [0.1, 0.15) is 17.2 Å². The summed E-state index contributed by atoms with van der Waals surface area (Å²) < 4.78 is 5.23. The third kappa shape index (κ3) is 3.33. The molecule has 4 aromatic rings. The maximum atomic E-state index is 5.23. The second-order valence-corrected chi connectivity index (χ2v) is 6.60. The Morgan fingerprint density at radius 2 is 1.85 bits per heavy atom. The SMILES string of the molecule is COc1ccc(-c2ncc(C(C)C)c(Nc3ccnc4[nH]ccc34)n2)cc1. The summed E-state index contributed by atoms with van der Waals surface area (Å²) >= 11 is 0. The molecule has 4 rings (SSSR count). The highest BCUT2D eigenvalue weighted by Crippen LogP contribution is 2.30. The van der Waals surface area contributed by atoms with Crippen molar-refractivity contribution in [2.75, 3.05) is 12.4 Å². The van der Waals surface area contributed by atoms with Crippen molar-refractivity contribution in [3.63, 3.8) is 0 Å². The summed E-state index contributed by atoms with van der Waals surface area (Å²) in [5.41, 5.74) is 3.81. The van der Waals surface area contributed by atoms with Gasteiger partial charge in [0.15, 0.2) is 5.82 Å². The summed E-state index contributed by atoms with van der Waals surface area (Å²) in [7, 11) is 1.65. The number of pyridine rings is 1. The van der Waals surface area contributed by atoms with E-state index in [9.17, 15) is 0 Å². The molecule has 0 atom stereocenters. The Hall–Kier alpha value is -3.41. The molecule has 0 saturated carbocycles. The number of hydrogen-bond acceptors (Lipinski definition) is 5. The van der Waals surface area contributed by atoms with Gasteiger partial charge in [-0.05, 0) is 42.3 Å². The van der Waals surface area contributed by atoms with Crippen LogP contribution in [0.25, 0.3) is 22.4 Å². The molecule has 0 aliphatic carbocycles. The van der Waals surface area contributed by atoms with Crippen LogP contribution in [0.2, 0.25) is 0 Å². The number of nitrogens with zero attached hydrogens (tertiary/aromatic N) is 3. The van der Waals surface area contributed by atoms with Crippen LogP contribution in [0.3, 0.4) is 0 Å². The van der Waals surface area contributed by atoms with Crippen LogP contribution in [0.4, 0.5) is 11.5 Å². The maximum Gasteiger partial charge on any atom is 0.161 e. The molecule has 136 valence electrons. The van der Waals surface area contributed by atoms with Crippen LogP contribution in [-0.2, 0) is 0 Å². The molecule has 0 unspecified atom stereocenters. The minimum Gasteiger partial charge on any atom is -0.497 e. The molecule has 0 aliphatic heterocycles. The Labute approximate surface area is 157 Å². The van der Waals surface area contributed by atoms with Crippen molar-refractivity contribution < 1.29 is 4.74 Å². The lowest BCUT2D eigenvalue weighted by Crippen LogP contribution is -2.04. The quantitative estimate of drug-likeness (QED) is 0.530. The van der Waals surface area contributed by atoms with E-state index in [-0.39, 0.29) is 0 Å². The molecule has 0 fully saturated rings. The largest absolute Gasteiger partial charge is 0.497 e. The second kappa shape index (κ2) is 7.07. The first kappa shape index (κ1) is 17.0. The van der Waals surface area contributed by atoms with Crippen LogP contribution in [-0.4, -0.2) is 27.0 Å². The van der Waals surface area contributed by atoms with Gasteiger partial charge in [0.2, 0.25) is 0 Å². The Bertz CT molecular complexity index is 1070. The highest BCUT2D eigenvalue weighted by atomic mass is 16.5. The number of aromatic nitrogens is 4. The van der Waals surface area contributed by atoms with E-state index in [2.05, 4.69) is 34.1 Å². The van der Waals surface area contributed by atoms with Gasteiger partial charge in [-0.1, -0.05) is 13.8 Å². The van der Waals surface area contributed by atoms with Crippen LogP contribution in [0.15, 0.2) is 55.0 Å². The van der Waals surface area contributed by atoms with E-state index >= 15 is 0 Å². The van der Waals surface area contributed by atoms with E-state index in [1.807, 2.05) is 48.8 Å². The molecule has 2 N–H and O–H groups in total. The van der Waals surface area contributed by atoms with Crippen LogP contribution in [0, 0.1) is 0 Å². The van der Waals surface area contributed by atoms with E-state index in [0.29, 0.717) is 11.7 Å². The number of aromatic amines is 1. The number of H-pyrrole nitrogens is 1. The summed E-state index contributed by atoms with van der Waals surface area (Å²) in [5, 5.41) is 4.50. The molecule has 1 aromatic carbocycles. The maximum absolute atomic E-state index is 5.23. The molecule has 6 nitrogen and oxygen atoms in total. The van der Waals surface area contributed by atoms with Crippen LogP contribution in [0.5, 0.6) is 5.75 Å². The Morgan fingerprint density at radius 1 is 1.04 bits per heavy atom. The molecule has 0 saturated heterocycles. The molecule has 0 spiro atoms. The molecule has 0 aliphatic rings. The third-order valence-corrected chi connectivity index (χ3v) is 4.50. The van der Waals surface area contributed by atoms with E-state index in [1.54, 1.807) is 13.3 Å². The summed E-state index contributed by atoms with van der Waals surface area (Å²) in [4.78, 5) is 16.9. The molecule has 0 amide bonds. The number of rotatable bonds is 5. The van der Waals surface area contributed by atoms with Crippen LogP contribution in [0.1, 0.15) is 25.3 Å². The Balaban J connectivity index is 1.76. The van der Waals surface area contributed by atoms with E-state index in [4.69, 9.17) is 9.72 Å². The molecule has 0 bridgehead atoms. The summed E-state index contributed by atoms with van der Waals surface area (Å²) in [6, 6.07) is 11.7. The zero-order valence-corrected chi connectivity index (χ0v) is 15.5. The highest BCUT2D eigenvalue weighted by molar-refractivity contribution is 5.91. The first-order valence-electron chi connectivity index (χ1n) is 8.86. The van der Waals surface area contributed by atoms with Crippen molar-refractivity contribution in [2.45, 2.75) is 19.8 Å². The molecule has 3 heterocycles. The fourth-order valence-corrected chi connectivity index (χ4v) is 2.99. The topological polar surface area (TPSA) is 75.7 Å². The smallest absolute Gasteiger partial charge is 0.161 e. The summed E-state index contributed by atoms with van der Waals surface area (Å²) in [6.07, 6.45) is 5.56.